The summed E-state index contributed by atoms with van der Waals surface area (Å²) in [6.07, 6.45) is -4.64. The molecule has 0 saturated carbocycles. The van der Waals surface area contributed by atoms with E-state index in [-0.39, 0.29) is 18.8 Å². The molecule has 20 heavy (non-hydrogen) atoms. The molecule has 0 bridgehead atoms. The van der Waals surface area contributed by atoms with Crippen LogP contribution in [0.4, 0.5) is 13.2 Å². The van der Waals surface area contributed by atoms with Crippen LogP contribution in [-0.2, 0) is 27.0 Å². The molecule has 0 radical (unpaired) electrons. The summed E-state index contributed by atoms with van der Waals surface area (Å²) in [4.78, 5) is 26.9. The number of esters is 1. The fraction of sp³-hybridized carbons (Fsp3) is 0.417. The van der Waals surface area contributed by atoms with Gasteiger partial charge in [-0.15, -0.1) is 0 Å². The van der Waals surface area contributed by atoms with E-state index in [1.807, 2.05) is 0 Å². The van der Waals surface area contributed by atoms with Crippen molar-refractivity contribution in [1.29, 1.82) is 0 Å². The number of rotatable bonds is 2. The minimum Gasteiger partial charge on any atom is -0.465 e. The maximum absolute atomic E-state index is 12.7. The first-order valence-electron chi connectivity index (χ1n) is 5.86. The fourth-order valence-corrected chi connectivity index (χ4v) is 1.91. The molecule has 108 valence electrons. The predicted molar refractivity (Wildman–Crippen MR) is 60.5 cm³/mol. The number of aromatic nitrogens is 1. The minimum atomic E-state index is -4.64. The van der Waals surface area contributed by atoms with Crippen molar-refractivity contribution in [3.63, 3.8) is 0 Å². The number of alkyl halides is 3. The Balaban J connectivity index is 2.48. The van der Waals surface area contributed by atoms with Crippen molar-refractivity contribution >= 4 is 11.9 Å². The van der Waals surface area contributed by atoms with Gasteiger partial charge in [0, 0.05) is 6.54 Å². The van der Waals surface area contributed by atoms with Gasteiger partial charge in [0.1, 0.15) is 5.69 Å². The van der Waals surface area contributed by atoms with Crippen molar-refractivity contribution in [2.24, 2.45) is 0 Å². The van der Waals surface area contributed by atoms with Crippen molar-refractivity contribution in [2.45, 2.75) is 25.6 Å². The van der Waals surface area contributed by atoms with Crippen molar-refractivity contribution in [1.82, 2.24) is 10.3 Å². The van der Waals surface area contributed by atoms with Gasteiger partial charge in [0.2, 0.25) is 5.91 Å². The maximum atomic E-state index is 12.7. The quantitative estimate of drug-likeness (QED) is 0.659. The molecular formula is C12H11F3N2O3. The zero-order chi connectivity index (χ0) is 14.9. The van der Waals surface area contributed by atoms with E-state index in [1.165, 1.54) is 6.07 Å². The fourth-order valence-electron chi connectivity index (χ4n) is 1.91. The molecule has 5 nitrogen and oxygen atoms in total. The van der Waals surface area contributed by atoms with Gasteiger partial charge >= 0.3 is 12.1 Å². The third-order valence-electron chi connectivity index (χ3n) is 2.81. The number of carbonyl (C=O) groups is 2. The van der Waals surface area contributed by atoms with Crippen molar-refractivity contribution in [3.05, 3.63) is 29.1 Å². The second-order valence-corrected chi connectivity index (χ2v) is 4.14. The first-order chi connectivity index (χ1) is 9.34. The smallest absolute Gasteiger partial charge is 0.433 e. The summed E-state index contributed by atoms with van der Waals surface area (Å²) in [5.41, 5.74) is -0.960. The highest BCUT2D eigenvalue weighted by molar-refractivity contribution is 6.04. The highest BCUT2D eigenvalue weighted by Crippen LogP contribution is 2.31. The molecule has 0 aliphatic carbocycles. The Kier molecular flexibility index (Phi) is 3.65. The molecule has 1 aliphatic heterocycles. The number of carbonyl (C=O) groups excluding carboxylic acids is 2. The highest BCUT2D eigenvalue weighted by atomic mass is 19.4. The van der Waals surface area contributed by atoms with Gasteiger partial charge in [-0.1, -0.05) is 6.07 Å². The molecule has 2 heterocycles. The standard InChI is InChI=1S/C12H11F3N2O3/c1-2-20-11(19)8-9-6(5-16-10(8)18)3-4-7(17-9)12(13,14)15/h3-4,8H,2,5H2,1H3,(H,16,18). The van der Waals surface area contributed by atoms with Gasteiger partial charge in [-0.05, 0) is 18.6 Å². The van der Waals surface area contributed by atoms with Crippen LogP contribution in [-0.4, -0.2) is 23.5 Å². The first kappa shape index (κ1) is 14.3. The number of fused-ring (bicyclic) bond motifs is 1. The largest absolute Gasteiger partial charge is 0.465 e. The molecule has 0 aromatic carbocycles. The number of halogens is 3. The lowest BCUT2D eigenvalue weighted by molar-refractivity contribution is -0.150. The Labute approximate surface area is 112 Å². The van der Waals surface area contributed by atoms with Crippen LogP contribution >= 0.6 is 0 Å². The number of nitrogens with zero attached hydrogens (tertiary/aromatic N) is 1. The molecule has 2 rings (SSSR count). The third kappa shape index (κ3) is 2.59. The zero-order valence-corrected chi connectivity index (χ0v) is 10.5. The van der Waals surface area contributed by atoms with E-state index in [1.54, 1.807) is 6.92 Å². The Morgan fingerprint density at radius 2 is 2.20 bits per heavy atom. The summed E-state index contributed by atoms with van der Waals surface area (Å²) in [5.74, 6) is -3.07. The van der Waals surface area contributed by atoms with Crippen LogP contribution in [0.3, 0.4) is 0 Å². The minimum absolute atomic E-state index is 0.0247. The van der Waals surface area contributed by atoms with E-state index in [0.717, 1.165) is 6.07 Å². The van der Waals surface area contributed by atoms with Crippen LogP contribution in [0.1, 0.15) is 29.8 Å². The van der Waals surface area contributed by atoms with E-state index in [0.29, 0.717) is 5.56 Å². The Morgan fingerprint density at radius 1 is 1.50 bits per heavy atom. The third-order valence-corrected chi connectivity index (χ3v) is 2.81. The number of hydrogen-bond donors (Lipinski definition) is 1. The summed E-state index contributed by atoms with van der Waals surface area (Å²) in [7, 11) is 0. The maximum Gasteiger partial charge on any atom is 0.433 e. The Hall–Kier alpha value is -2.12. The molecule has 1 aromatic heterocycles. The average Bonchev–Trinajstić information content (AvgIpc) is 2.37. The monoisotopic (exact) mass is 288 g/mol. The van der Waals surface area contributed by atoms with Crippen molar-refractivity contribution in [3.8, 4) is 0 Å². The van der Waals surface area contributed by atoms with Gasteiger partial charge in [0.25, 0.3) is 0 Å². The molecule has 0 saturated heterocycles. The van der Waals surface area contributed by atoms with Gasteiger partial charge in [-0.3, -0.25) is 9.59 Å². The van der Waals surface area contributed by atoms with Crippen LogP contribution in [0.15, 0.2) is 12.1 Å². The van der Waals surface area contributed by atoms with Gasteiger partial charge in [-0.25, -0.2) is 4.98 Å². The second kappa shape index (κ2) is 5.10. The van der Waals surface area contributed by atoms with Gasteiger partial charge < -0.3 is 10.1 Å². The van der Waals surface area contributed by atoms with Crippen LogP contribution in [0.5, 0.6) is 0 Å². The van der Waals surface area contributed by atoms with Crippen LogP contribution in [0, 0.1) is 0 Å². The Bertz CT molecular complexity index is 557. The zero-order valence-electron chi connectivity index (χ0n) is 10.5. The summed E-state index contributed by atoms with van der Waals surface area (Å²) >= 11 is 0. The molecule has 1 N–H and O–H groups in total. The normalized spacial score (nSPS) is 18.2. The number of nitrogens with one attached hydrogen (secondary N) is 1. The van der Waals surface area contributed by atoms with Gasteiger partial charge in [0.05, 0.1) is 12.3 Å². The van der Waals surface area contributed by atoms with Crippen molar-refractivity contribution < 1.29 is 27.5 Å². The van der Waals surface area contributed by atoms with Crippen molar-refractivity contribution in [2.75, 3.05) is 6.61 Å². The molecular weight excluding hydrogens is 277 g/mol. The van der Waals surface area contributed by atoms with E-state index in [9.17, 15) is 22.8 Å². The summed E-state index contributed by atoms with van der Waals surface area (Å²) in [6, 6.07) is 2.02. The summed E-state index contributed by atoms with van der Waals surface area (Å²) in [5, 5.41) is 2.42. The SMILES string of the molecule is CCOC(=O)C1C(=O)NCc2ccc(C(F)(F)F)nc21. The first-order valence-corrected chi connectivity index (χ1v) is 5.86. The van der Waals surface area contributed by atoms with Crippen LogP contribution in [0.2, 0.25) is 0 Å². The Morgan fingerprint density at radius 3 is 2.80 bits per heavy atom. The highest BCUT2D eigenvalue weighted by Gasteiger charge is 2.39. The van der Waals surface area contributed by atoms with Crippen LogP contribution < -0.4 is 5.32 Å². The van der Waals surface area contributed by atoms with Gasteiger partial charge in [0.15, 0.2) is 5.92 Å². The summed E-state index contributed by atoms with van der Waals surface area (Å²) < 4.78 is 42.7. The molecule has 0 fully saturated rings. The van der Waals surface area contributed by atoms with Gasteiger partial charge in [-0.2, -0.15) is 13.2 Å². The number of hydrogen-bond acceptors (Lipinski definition) is 4. The molecule has 8 heteroatoms. The topological polar surface area (TPSA) is 68.3 Å². The molecule has 1 unspecified atom stereocenters. The second-order valence-electron chi connectivity index (χ2n) is 4.14. The lowest BCUT2D eigenvalue weighted by Gasteiger charge is -2.23. The number of ether oxygens (including phenoxy) is 1. The average molecular weight is 288 g/mol. The summed E-state index contributed by atoms with van der Waals surface area (Å²) in [6.45, 7) is 1.60. The van der Waals surface area contributed by atoms with E-state index < -0.39 is 29.7 Å². The molecule has 1 amide bonds. The number of amides is 1. The van der Waals surface area contributed by atoms with E-state index >= 15 is 0 Å². The molecule has 1 aliphatic rings. The molecule has 1 aromatic rings. The predicted octanol–water partition coefficient (Wildman–Crippen LogP) is 1.38. The lowest BCUT2D eigenvalue weighted by Crippen LogP contribution is -2.40. The number of pyridine rings is 1. The molecule has 0 spiro atoms. The van der Waals surface area contributed by atoms with E-state index in [4.69, 9.17) is 4.74 Å². The molecule has 1 atom stereocenters. The van der Waals surface area contributed by atoms with E-state index in [2.05, 4.69) is 10.3 Å². The lowest BCUT2D eigenvalue weighted by atomic mass is 9.95. The van der Waals surface area contributed by atoms with Crippen LogP contribution in [0.25, 0.3) is 0 Å².